The molecule has 1 aliphatic rings. The van der Waals surface area contributed by atoms with E-state index in [0.29, 0.717) is 11.6 Å². The van der Waals surface area contributed by atoms with Gasteiger partial charge in [-0.1, -0.05) is 13.3 Å². The monoisotopic (exact) mass is 250 g/mol. The number of nitrogen functional groups attached to an aromatic ring is 1. The molecule has 2 rings (SSSR count). The number of carbonyl (C=O) groups is 1. The summed E-state index contributed by atoms with van der Waals surface area (Å²) in [5.74, 6) is 0.136. The van der Waals surface area contributed by atoms with Crippen molar-refractivity contribution in [2.45, 2.75) is 26.2 Å². The Morgan fingerprint density at radius 2 is 2.11 bits per heavy atom. The molecule has 18 heavy (non-hydrogen) atoms. The minimum atomic E-state index is -0.420. The van der Waals surface area contributed by atoms with Gasteiger partial charge < -0.3 is 10.6 Å². The zero-order valence-corrected chi connectivity index (χ0v) is 10.7. The maximum Gasteiger partial charge on any atom is 0.256 e. The summed E-state index contributed by atoms with van der Waals surface area (Å²) in [4.78, 5) is 14.0. The van der Waals surface area contributed by atoms with E-state index in [1.54, 1.807) is 4.90 Å². The van der Waals surface area contributed by atoms with Gasteiger partial charge in [-0.25, -0.2) is 4.39 Å². The summed E-state index contributed by atoms with van der Waals surface area (Å²) in [6, 6.07) is 3.94. The number of rotatable bonds is 2. The molecule has 0 aromatic heterocycles. The molecule has 0 radical (unpaired) electrons. The summed E-state index contributed by atoms with van der Waals surface area (Å²) in [5, 5.41) is 0. The van der Waals surface area contributed by atoms with E-state index in [-0.39, 0.29) is 11.5 Å². The number of anilines is 1. The Hall–Kier alpha value is -1.58. The zero-order chi connectivity index (χ0) is 13.1. The van der Waals surface area contributed by atoms with Crippen molar-refractivity contribution in [1.29, 1.82) is 0 Å². The molecule has 0 unspecified atom stereocenters. The Morgan fingerprint density at radius 3 is 2.72 bits per heavy atom. The predicted molar refractivity (Wildman–Crippen MR) is 69.7 cm³/mol. The van der Waals surface area contributed by atoms with Crippen molar-refractivity contribution >= 4 is 11.6 Å². The minimum absolute atomic E-state index is 0.151. The Bertz CT molecular complexity index is 439. The number of halogens is 1. The van der Waals surface area contributed by atoms with Crippen LogP contribution in [0.15, 0.2) is 18.2 Å². The van der Waals surface area contributed by atoms with Crippen LogP contribution < -0.4 is 5.73 Å². The lowest BCUT2D eigenvalue weighted by molar-refractivity contribution is 0.0689. The number of likely N-dealkylation sites (tertiary alicyclic amines) is 1. The van der Waals surface area contributed by atoms with Gasteiger partial charge in [-0.15, -0.1) is 0 Å². The summed E-state index contributed by atoms with van der Waals surface area (Å²) >= 11 is 0. The molecule has 1 aliphatic heterocycles. The molecule has 3 nitrogen and oxygen atoms in total. The number of piperidine rings is 1. The fraction of sp³-hybridized carbons (Fsp3) is 0.500. The van der Waals surface area contributed by atoms with Crippen LogP contribution in [0.25, 0.3) is 0 Å². The highest BCUT2D eigenvalue weighted by atomic mass is 19.1. The SMILES string of the molecule is CCC1CCN(C(=O)c2cc(F)ccc2N)CC1. The molecule has 4 heteroatoms. The van der Waals surface area contributed by atoms with Gasteiger partial charge in [-0.2, -0.15) is 0 Å². The average molecular weight is 250 g/mol. The van der Waals surface area contributed by atoms with Gasteiger partial charge in [0.1, 0.15) is 5.82 Å². The summed E-state index contributed by atoms with van der Waals surface area (Å²) in [5.41, 5.74) is 6.37. The molecule has 1 aromatic rings. The number of hydrogen-bond donors (Lipinski definition) is 1. The fourth-order valence-electron chi connectivity index (χ4n) is 2.43. The highest BCUT2D eigenvalue weighted by molar-refractivity contribution is 5.99. The van der Waals surface area contributed by atoms with Crippen molar-refractivity contribution in [3.05, 3.63) is 29.6 Å². The molecule has 1 amide bonds. The van der Waals surface area contributed by atoms with E-state index in [2.05, 4.69) is 6.92 Å². The Balaban J connectivity index is 2.10. The van der Waals surface area contributed by atoms with Gasteiger partial charge in [-0.3, -0.25) is 4.79 Å². The zero-order valence-electron chi connectivity index (χ0n) is 10.7. The predicted octanol–water partition coefficient (Wildman–Crippen LogP) is 2.67. The smallest absolute Gasteiger partial charge is 0.256 e. The van der Waals surface area contributed by atoms with E-state index in [4.69, 9.17) is 5.73 Å². The minimum Gasteiger partial charge on any atom is -0.398 e. The number of nitrogens with zero attached hydrogens (tertiary/aromatic N) is 1. The Morgan fingerprint density at radius 1 is 1.44 bits per heavy atom. The van der Waals surface area contributed by atoms with Gasteiger partial charge in [0, 0.05) is 18.8 Å². The summed E-state index contributed by atoms with van der Waals surface area (Å²) in [6.45, 7) is 3.66. The maximum atomic E-state index is 13.2. The van der Waals surface area contributed by atoms with Crippen LogP contribution >= 0.6 is 0 Å². The van der Waals surface area contributed by atoms with Gasteiger partial charge in [-0.05, 0) is 37.0 Å². The maximum absolute atomic E-state index is 13.2. The van der Waals surface area contributed by atoms with E-state index in [1.807, 2.05) is 0 Å². The van der Waals surface area contributed by atoms with Gasteiger partial charge in [0.25, 0.3) is 5.91 Å². The van der Waals surface area contributed by atoms with Crippen molar-refractivity contribution in [3.63, 3.8) is 0 Å². The van der Waals surface area contributed by atoms with E-state index in [1.165, 1.54) is 18.2 Å². The van der Waals surface area contributed by atoms with E-state index in [0.717, 1.165) is 32.4 Å². The lowest BCUT2D eigenvalue weighted by Crippen LogP contribution is -2.38. The molecule has 98 valence electrons. The molecular formula is C14H19FN2O. The lowest BCUT2D eigenvalue weighted by atomic mass is 9.94. The van der Waals surface area contributed by atoms with Crippen LogP contribution in [0.5, 0.6) is 0 Å². The van der Waals surface area contributed by atoms with E-state index in [9.17, 15) is 9.18 Å². The second-order valence-electron chi connectivity index (χ2n) is 4.88. The Labute approximate surface area is 107 Å². The van der Waals surface area contributed by atoms with Crippen molar-refractivity contribution in [1.82, 2.24) is 4.90 Å². The van der Waals surface area contributed by atoms with Crippen LogP contribution in [0.3, 0.4) is 0 Å². The third-order valence-corrected chi connectivity index (χ3v) is 3.72. The van der Waals surface area contributed by atoms with Gasteiger partial charge in [0.2, 0.25) is 0 Å². The Kier molecular flexibility index (Phi) is 3.84. The number of benzene rings is 1. The molecule has 0 spiro atoms. The highest BCUT2D eigenvalue weighted by Gasteiger charge is 2.24. The van der Waals surface area contributed by atoms with E-state index < -0.39 is 5.82 Å². The topological polar surface area (TPSA) is 46.3 Å². The molecule has 0 aliphatic carbocycles. The summed E-state index contributed by atoms with van der Waals surface area (Å²) < 4.78 is 13.2. The third-order valence-electron chi connectivity index (χ3n) is 3.72. The quantitative estimate of drug-likeness (QED) is 0.820. The molecule has 0 atom stereocenters. The first-order valence-electron chi connectivity index (χ1n) is 6.46. The fourth-order valence-corrected chi connectivity index (χ4v) is 2.43. The molecule has 0 saturated carbocycles. The van der Waals surface area contributed by atoms with Crippen LogP contribution in [0, 0.1) is 11.7 Å². The molecule has 1 fully saturated rings. The molecule has 1 heterocycles. The van der Waals surface area contributed by atoms with Crippen molar-refractivity contribution in [2.75, 3.05) is 18.8 Å². The summed E-state index contributed by atoms with van der Waals surface area (Å²) in [7, 11) is 0. The highest BCUT2D eigenvalue weighted by Crippen LogP contribution is 2.23. The van der Waals surface area contributed by atoms with Crippen molar-refractivity contribution in [2.24, 2.45) is 5.92 Å². The van der Waals surface area contributed by atoms with Gasteiger partial charge in [0.15, 0.2) is 0 Å². The molecule has 1 aromatic carbocycles. The van der Waals surface area contributed by atoms with E-state index >= 15 is 0 Å². The normalized spacial score (nSPS) is 16.9. The second kappa shape index (κ2) is 5.38. The van der Waals surface area contributed by atoms with Crippen LogP contribution in [0.4, 0.5) is 10.1 Å². The largest absolute Gasteiger partial charge is 0.398 e. The third kappa shape index (κ3) is 2.63. The molecule has 0 bridgehead atoms. The first kappa shape index (κ1) is 12.9. The summed E-state index contributed by atoms with van der Waals surface area (Å²) in [6.07, 6.45) is 3.21. The first-order chi connectivity index (χ1) is 8.61. The molecular weight excluding hydrogens is 231 g/mol. The average Bonchev–Trinajstić information content (AvgIpc) is 2.41. The van der Waals surface area contributed by atoms with Crippen LogP contribution in [0.1, 0.15) is 36.5 Å². The standard InChI is InChI=1S/C14H19FN2O/c1-2-10-5-7-17(8-6-10)14(18)12-9-11(15)3-4-13(12)16/h3-4,9-10H,2,5-8,16H2,1H3. The van der Waals surface area contributed by atoms with Gasteiger partial charge in [0.05, 0.1) is 5.56 Å². The number of carbonyl (C=O) groups excluding carboxylic acids is 1. The number of amides is 1. The van der Waals surface area contributed by atoms with Crippen molar-refractivity contribution in [3.8, 4) is 0 Å². The first-order valence-corrected chi connectivity index (χ1v) is 6.46. The van der Waals surface area contributed by atoms with Crippen molar-refractivity contribution < 1.29 is 9.18 Å². The number of nitrogens with two attached hydrogens (primary N) is 1. The molecule has 2 N–H and O–H groups in total. The number of hydrogen-bond acceptors (Lipinski definition) is 2. The second-order valence-corrected chi connectivity index (χ2v) is 4.88. The van der Waals surface area contributed by atoms with Crippen LogP contribution in [0.2, 0.25) is 0 Å². The van der Waals surface area contributed by atoms with Crippen LogP contribution in [-0.4, -0.2) is 23.9 Å². The molecule has 1 saturated heterocycles. The van der Waals surface area contributed by atoms with Gasteiger partial charge >= 0.3 is 0 Å². The van der Waals surface area contributed by atoms with Crippen LogP contribution in [-0.2, 0) is 0 Å². The lowest BCUT2D eigenvalue weighted by Gasteiger charge is -2.31.